The quantitative estimate of drug-likeness (QED) is 0.775. The highest BCUT2D eigenvalue weighted by Gasteiger charge is 2.31. The Labute approximate surface area is 129 Å². The molecule has 114 valence electrons. The van der Waals surface area contributed by atoms with E-state index < -0.39 is 12.0 Å². The van der Waals surface area contributed by atoms with Crippen molar-refractivity contribution in [3.63, 3.8) is 0 Å². The van der Waals surface area contributed by atoms with Crippen LogP contribution in [-0.2, 0) is 15.3 Å². The summed E-state index contributed by atoms with van der Waals surface area (Å²) in [6.45, 7) is 1.82. The van der Waals surface area contributed by atoms with Gasteiger partial charge >= 0.3 is 5.97 Å². The van der Waals surface area contributed by atoms with Gasteiger partial charge in [0.15, 0.2) is 0 Å². The van der Waals surface area contributed by atoms with Crippen molar-refractivity contribution in [2.45, 2.75) is 43.2 Å². The number of carboxylic acid groups (broad SMARTS) is 1. The number of carboxylic acids is 1. The molecule has 0 heterocycles. The number of hydrogen-bond donors (Lipinski definition) is 2. The number of amides is 1. The van der Waals surface area contributed by atoms with E-state index in [-0.39, 0.29) is 11.2 Å². The molecule has 2 rings (SSSR count). The third kappa shape index (κ3) is 5.42. The first-order chi connectivity index (χ1) is 10.1. The summed E-state index contributed by atoms with van der Waals surface area (Å²) in [5.74, 6) is 0.0913. The van der Waals surface area contributed by atoms with Crippen molar-refractivity contribution in [1.29, 1.82) is 0 Å². The van der Waals surface area contributed by atoms with Gasteiger partial charge in [0.1, 0.15) is 6.04 Å². The van der Waals surface area contributed by atoms with Gasteiger partial charge in [0.25, 0.3) is 0 Å². The number of carbonyl (C=O) groups excluding carboxylic acids is 1. The Bertz CT molecular complexity index is 488. The lowest BCUT2D eigenvalue weighted by atomic mass is 10.1. The van der Waals surface area contributed by atoms with Gasteiger partial charge in [0, 0.05) is 5.75 Å². The number of carbonyl (C=O) groups is 2. The van der Waals surface area contributed by atoms with E-state index in [1.807, 2.05) is 37.3 Å². The van der Waals surface area contributed by atoms with Gasteiger partial charge in [0.05, 0.1) is 5.25 Å². The van der Waals surface area contributed by atoms with Gasteiger partial charge < -0.3 is 10.4 Å². The normalized spacial score (nSPS) is 17.0. The van der Waals surface area contributed by atoms with Crippen molar-refractivity contribution >= 4 is 23.6 Å². The highest BCUT2D eigenvalue weighted by atomic mass is 32.2. The van der Waals surface area contributed by atoms with Crippen LogP contribution in [0, 0.1) is 5.92 Å². The third-order valence-corrected chi connectivity index (χ3v) is 4.81. The molecule has 4 nitrogen and oxygen atoms in total. The van der Waals surface area contributed by atoms with Crippen LogP contribution in [0.1, 0.15) is 31.7 Å². The van der Waals surface area contributed by atoms with Gasteiger partial charge in [-0.25, -0.2) is 4.79 Å². The monoisotopic (exact) mass is 307 g/mol. The zero-order valence-corrected chi connectivity index (χ0v) is 12.9. The van der Waals surface area contributed by atoms with E-state index in [1.54, 1.807) is 0 Å². The van der Waals surface area contributed by atoms with Crippen LogP contribution in [-0.4, -0.2) is 28.3 Å². The average molecular weight is 307 g/mol. The zero-order valence-electron chi connectivity index (χ0n) is 12.1. The Morgan fingerprint density at radius 1 is 1.33 bits per heavy atom. The van der Waals surface area contributed by atoms with E-state index in [0.29, 0.717) is 12.3 Å². The number of hydrogen-bond acceptors (Lipinski definition) is 3. The summed E-state index contributed by atoms with van der Waals surface area (Å²) in [5.41, 5.74) is 1.16. The van der Waals surface area contributed by atoms with E-state index in [4.69, 9.17) is 5.11 Å². The molecule has 2 N–H and O–H groups in total. The van der Waals surface area contributed by atoms with Gasteiger partial charge in [-0.3, -0.25) is 4.79 Å². The summed E-state index contributed by atoms with van der Waals surface area (Å²) in [6, 6.07) is 9.19. The molecule has 21 heavy (non-hydrogen) atoms. The minimum Gasteiger partial charge on any atom is -0.480 e. The lowest BCUT2D eigenvalue weighted by molar-refractivity contribution is -0.142. The van der Waals surface area contributed by atoms with E-state index in [1.165, 1.54) is 11.8 Å². The van der Waals surface area contributed by atoms with Crippen molar-refractivity contribution < 1.29 is 14.7 Å². The van der Waals surface area contributed by atoms with Crippen molar-refractivity contribution in [2.24, 2.45) is 5.92 Å². The first-order valence-corrected chi connectivity index (χ1v) is 8.30. The summed E-state index contributed by atoms with van der Waals surface area (Å²) in [7, 11) is 0. The van der Waals surface area contributed by atoms with Gasteiger partial charge in [-0.2, -0.15) is 0 Å². The van der Waals surface area contributed by atoms with Crippen molar-refractivity contribution in [3.8, 4) is 0 Å². The van der Waals surface area contributed by atoms with Crippen LogP contribution in [0.4, 0.5) is 0 Å². The molecule has 0 saturated heterocycles. The minimum absolute atomic E-state index is 0.191. The van der Waals surface area contributed by atoms with Gasteiger partial charge in [-0.05, 0) is 24.8 Å². The number of aliphatic carboxylic acids is 1. The van der Waals surface area contributed by atoms with Gasteiger partial charge in [0.2, 0.25) is 5.91 Å². The largest absolute Gasteiger partial charge is 0.480 e. The summed E-state index contributed by atoms with van der Waals surface area (Å²) in [4.78, 5) is 23.3. The maximum atomic E-state index is 12.1. The van der Waals surface area contributed by atoms with E-state index in [9.17, 15) is 9.59 Å². The molecule has 0 aromatic heterocycles. The molecule has 2 atom stereocenters. The molecule has 0 bridgehead atoms. The maximum Gasteiger partial charge on any atom is 0.326 e. The lowest BCUT2D eigenvalue weighted by Gasteiger charge is -2.17. The topological polar surface area (TPSA) is 66.4 Å². The van der Waals surface area contributed by atoms with Crippen LogP contribution >= 0.6 is 11.8 Å². The first kappa shape index (κ1) is 15.9. The van der Waals surface area contributed by atoms with Crippen LogP contribution < -0.4 is 5.32 Å². The van der Waals surface area contributed by atoms with Crippen molar-refractivity contribution in [1.82, 2.24) is 5.32 Å². The summed E-state index contributed by atoms with van der Waals surface area (Å²) < 4.78 is 0. The van der Waals surface area contributed by atoms with Crippen molar-refractivity contribution in [3.05, 3.63) is 35.9 Å². The molecule has 0 spiro atoms. The lowest BCUT2D eigenvalue weighted by Crippen LogP contribution is -2.44. The number of thioether (sulfide) groups is 1. The predicted molar refractivity (Wildman–Crippen MR) is 84.1 cm³/mol. The minimum atomic E-state index is -0.935. The molecular formula is C16H21NO3S. The molecule has 2 unspecified atom stereocenters. The Balaban J connectivity index is 1.79. The fourth-order valence-electron chi connectivity index (χ4n) is 2.07. The second-order valence-corrected chi connectivity index (χ2v) is 6.85. The highest BCUT2D eigenvalue weighted by molar-refractivity contribution is 7.99. The summed E-state index contributed by atoms with van der Waals surface area (Å²) in [5, 5.41) is 11.6. The molecular weight excluding hydrogens is 286 g/mol. The summed E-state index contributed by atoms with van der Waals surface area (Å²) >= 11 is 1.52. The van der Waals surface area contributed by atoms with Gasteiger partial charge in [-0.1, -0.05) is 43.2 Å². The first-order valence-electron chi connectivity index (χ1n) is 7.25. The molecule has 5 heteroatoms. The molecule has 1 saturated carbocycles. The molecule has 1 aliphatic rings. The number of rotatable bonds is 8. The van der Waals surface area contributed by atoms with Crippen LogP contribution in [0.25, 0.3) is 0 Å². The SMILES string of the molecule is CC(SCc1ccccc1)C(=O)NC(CC1CC1)C(=O)O. The molecule has 0 aliphatic heterocycles. The van der Waals surface area contributed by atoms with Crippen molar-refractivity contribution in [2.75, 3.05) is 0 Å². The second kappa shape index (κ2) is 7.50. The van der Waals surface area contributed by atoms with E-state index in [0.717, 1.165) is 24.2 Å². The predicted octanol–water partition coefficient (Wildman–Crippen LogP) is 2.68. The fourth-order valence-corrected chi connectivity index (χ4v) is 2.92. The Morgan fingerprint density at radius 2 is 2.00 bits per heavy atom. The molecule has 1 aliphatic carbocycles. The van der Waals surface area contributed by atoms with Crippen LogP contribution in [0.2, 0.25) is 0 Å². The van der Waals surface area contributed by atoms with E-state index >= 15 is 0 Å². The Kier molecular flexibility index (Phi) is 5.67. The average Bonchev–Trinajstić information content (AvgIpc) is 3.29. The van der Waals surface area contributed by atoms with Gasteiger partial charge in [-0.15, -0.1) is 11.8 Å². The molecule has 1 aromatic rings. The third-order valence-electron chi connectivity index (χ3n) is 3.59. The van der Waals surface area contributed by atoms with Crippen LogP contribution in [0.5, 0.6) is 0 Å². The fraction of sp³-hybridized carbons (Fsp3) is 0.500. The zero-order chi connectivity index (χ0) is 15.2. The molecule has 1 amide bonds. The maximum absolute atomic E-state index is 12.1. The highest BCUT2D eigenvalue weighted by Crippen LogP contribution is 2.33. The summed E-state index contributed by atoms with van der Waals surface area (Å²) in [6.07, 6.45) is 2.72. The Hall–Kier alpha value is -1.49. The van der Waals surface area contributed by atoms with Crippen LogP contribution in [0.15, 0.2) is 30.3 Å². The standard InChI is InChI=1S/C16H21NO3S/c1-11(21-10-13-5-3-2-4-6-13)15(18)17-14(16(19)20)9-12-7-8-12/h2-6,11-12,14H,7-10H2,1H3,(H,17,18)(H,19,20). The molecule has 0 radical (unpaired) electrons. The van der Waals surface area contributed by atoms with E-state index in [2.05, 4.69) is 5.32 Å². The number of nitrogens with one attached hydrogen (secondary N) is 1. The smallest absolute Gasteiger partial charge is 0.326 e. The molecule has 1 aromatic carbocycles. The second-order valence-electron chi connectivity index (χ2n) is 5.52. The Morgan fingerprint density at radius 3 is 2.57 bits per heavy atom. The van der Waals surface area contributed by atoms with Crippen LogP contribution in [0.3, 0.4) is 0 Å². The number of benzene rings is 1. The molecule has 1 fully saturated rings.